The molecule has 1 aromatic rings. The lowest BCUT2D eigenvalue weighted by Gasteiger charge is -2.00. The van der Waals surface area contributed by atoms with Gasteiger partial charge in [0.15, 0.2) is 0 Å². The van der Waals surface area contributed by atoms with Crippen LogP contribution in [-0.2, 0) is 6.42 Å². The van der Waals surface area contributed by atoms with Gasteiger partial charge in [0.1, 0.15) is 5.82 Å². The second-order valence-corrected chi connectivity index (χ2v) is 2.42. The lowest BCUT2D eigenvalue weighted by molar-refractivity contribution is 0.625. The Labute approximate surface area is 74.4 Å². The first-order chi connectivity index (χ1) is 5.74. The van der Waals surface area contributed by atoms with E-state index in [0.717, 1.165) is 12.0 Å². The molecule has 0 N–H and O–H groups in total. The first-order valence-electron chi connectivity index (χ1n) is 4.49. The second-order valence-electron chi connectivity index (χ2n) is 2.42. The van der Waals surface area contributed by atoms with Gasteiger partial charge in [-0.25, -0.2) is 4.39 Å². The van der Waals surface area contributed by atoms with Crippen LogP contribution in [0.25, 0.3) is 0 Å². The molecule has 0 amide bonds. The van der Waals surface area contributed by atoms with Crippen molar-refractivity contribution >= 4 is 0 Å². The van der Waals surface area contributed by atoms with Crippen LogP contribution in [0.1, 0.15) is 31.9 Å². The molecule has 0 unspecified atom stereocenters. The molecule has 68 valence electrons. The van der Waals surface area contributed by atoms with Crippen LogP contribution in [0.2, 0.25) is 0 Å². The summed E-state index contributed by atoms with van der Waals surface area (Å²) in [5.41, 5.74) is 2.27. The van der Waals surface area contributed by atoms with E-state index < -0.39 is 0 Å². The Morgan fingerprint density at radius 2 is 1.83 bits per heavy atom. The van der Waals surface area contributed by atoms with Crippen LogP contribution in [0.15, 0.2) is 18.2 Å². The fraction of sp³-hybridized carbons (Fsp3) is 0.455. The van der Waals surface area contributed by atoms with Gasteiger partial charge in [-0.15, -0.1) is 0 Å². The summed E-state index contributed by atoms with van der Waals surface area (Å²) in [5.74, 6) is -0.144. The van der Waals surface area contributed by atoms with Crippen molar-refractivity contribution in [1.82, 2.24) is 0 Å². The van der Waals surface area contributed by atoms with Crippen LogP contribution in [0, 0.1) is 12.7 Å². The zero-order chi connectivity index (χ0) is 9.56. The third kappa shape index (κ3) is 3.04. The lowest BCUT2D eigenvalue weighted by atomic mass is 10.1. The molecule has 1 aromatic carbocycles. The van der Waals surface area contributed by atoms with Crippen molar-refractivity contribution in [3.63, 3.8) is 0 Å². The van der Waals surface area contributed by atoms with Crippen LogP contribution in [0.5, 0.6) is 0 Å². The molecule has 0 fully saturated rings. The molecular formula is C11H17F. The molecule has 12 heavy (non-hydrogen) atoms. The summed E-state index contributed by atoms with van der Waals surface area (Å²) in [6, 6.07) is 4.91. The standard InChI is InChI=1S/C9H11F.C2H6/c1-3-8-4-5-9(10)6-7(8)2;1-2/h4-6H,3H2,1-2H3;1-2H3. The summed E-state index contributed by atoms with van der Waals surface area (Å²) < 4.78 is 12.5. The van der Waals surface area contributed by atoms with E-state index in [1.807, 2.05) is 26.8 Å². The smallest absolute Gasteiger partial charge is 0.123 e. The van der Waals surface area contributed by atoms with E-state index in [4.69, 9.17) is 0 Å². The molecule has 1 rings (SSSR count). The molecule has 1 heteroatoms. The monoisotopic (exact) mass is 168 g/mol. The van der Waals surface area contributed by atoms with E-state index >= 15 is 0 Å². The third-order valence-corrected chi connectivity index (χ3v) is 1.69. The molecule has 0 spiro atoms. The fourth-order valence-corrected chi connectivity index (χ4v) is 1.06. The molecule has 0 bridgehead atoms. The number of hydrogen-bond donors (Lipinski definition) is 0. The van der Waals surface area contributed by atoms with Crippen molar-refractivity contribution < 1.29 is 4.39 Å². The molecule has 0 aliphatic heterocycles. The Kier molecular flexibility index (Phi) is 5.35. The van der Waals surface area contributed by atoms with Crippen molar-refractivity contribution in [3.8, 4) is 0 Å². The van der Waals surface area contributed by atoms with Crippen molar-refractivity contribution in [3.05, 3.63) is 35.1 Å². The number of halogens is 1. The molecule has 0 heterocycles. The highest BCUT2D eigenvalue weighted by Gasteiger charge is 1.95. The van der Waals surface area contributed by atoms with Crippen molar-refractivity contribution in [2.24, 2.45) is 0 Å². The van der Waals surface area contributed by atoms with Crippen molar-refractivity contribution in [1.29, 1.82) is 0 Å². The number of hydrogen-bond acceptors (Lipinski definition) is 0. The van der Waals surface area contributed by atoms with Gasteiger partial charge < -0.3 is 0 Å². The van der Waals surface area contributed by atoms with Gasteiger partial charge in [0, 0.05) is 0 Å². The maximum absolute atomic E-state index is 12.5. The van der Waals surface area contributed by atoms with Gasteiger partial charge in [-0.2, -0.15) is 0 Å². The number of rotatable bonds is 1. The zero-order valence-electron chi connectivity index (χ0n) is 8.32. The maximum atomic E-state index is 12.5. The van der Waals surface area contributed by atoms with Gasteiger partial charge in [-0.05, 0) is 36.6 Å². The minimum absolute atomic E-state index is 0.144. The van der Waals surface area contributed by atoms with Crippen LogP contribution >= 0.6 is 0 Å². The number of benzene rings is 1. The summed E-state index contributed by atoms with van der Waals surface area (Å²) in [6.45, 7) is 8.00. The van der Waals surface area contributed by atoms with Gasteiger partial charge in [0.2, 0.25) is 0 Å². The van der Waals surface area contributed by atoms with Gasteiger partial charge in [0.25, 0.3) is 0 Å². The Balaban J connectivity index is 0.000000561. The highest BCUT2D eigenvalue weighted by Crippen LogP contribution is 2.09. The van der Waals surface area contributed by atoms with Crippen LogP contribution in [0.3, 0.4) is 0 Å². The maximum Gasteiger partial charge on any atom is 0.123 e. The van der Waals surface area contributed by atoms with Gasteiger partial charge >= 0.3 is 0 Å². The summed E-state index contributed by atoms with van der Waals surface area (Å²) in [7, 11) is 0. The lowest BCUT2D eigenvalue weighted by Crippen LogP contribution is -1.86. The van der Waals surface area contributed by atoms with E-state index in [1.54, 1.807) is 6.07 Å². The summed E-state index contributed by atoms with van der Waals surface area (Å²) in [6.07, 6.45) is 0.978. The highest BCUT2D eigenvalue weighted by molar-refractivity contribution is 5.26. The van der Waals surface area contributed by atoms with Gasteiger partial charge in [0.05, 0.1) is 0 Å². The number of aryl methyl sites for hydroxylation is 2. The Bertz CT molecular complexity index is 228. The van der Waals surface area contributed by atoms with Crippen molar-refractivity contribution in [2.75, 3.05) is 0 Å². The molecule has 0 aliphatic carbocycles. The van der Waals surface area contributed by atoms with E-state index in [-0.39, 0.29) is 5.82 Å². The van der Waals surface area contributed by atoms with E-state index in [1.165, 1.54) is 11.6 Å². The average Bonchev–Trinajstić information content (AvgIpc) is 2.08. The largest absolute Gasteiger partial charge is 0.207 e. The Morgan fingerprint density at radius 3 is 2.25 bits per heavy atom. The Hall–Kier alpha value is -0.850. The predicted octanol–water partition coefficient (Wildman–Crippen LogP) is 3.72. The molecule has 0 saturated carbocycles. The highest BCUT2D eigenvalue weighted by atomic mass is 19.1. The third-order valence-electron chi connectivity index (χ3n) is 1.69. The van der Waals surface area contributed by atoms with E-state index in [0.29, 0.717) is 0 Å². The van der Waals surface area contributed by atoms with Crippen LogP contribution in [-0.4, -0.2) is 0 Å². The second kappa shape index (κ2) is 5.76. The topological polar surface area (TPSA) is 0 Å². The average molecular weight is 168 g/mol. The van der Waals surface area contributed by atoms with Gasteiger partial charge in [-0.1, -0.05) is 26.8 Å². The minimum Gasteiger partial charge on any atom is -0.207 e. The summed E-state index contributed by atoms with van der Waals surface area (Å²) in [5, 5.41) is 0. The van der Waals surface area contributed by atoms with Crippen LogP contribution < -0.4 is 0 Å². The molecule has 0 nitrogen and oxygen atoms in total. The minimum atomic E-state index is -0.144. The summed E-state index contributed by atoms with van der Waals surface area (Å²) >= 11 is 0. The SMILES string of the molecule is CC.CCc1ccc(F)cc1C. The normalized spacial score (nSPS) is 8.75. The molecule has 0 aromatic heterocycles. The first-order valence-corrected chi connectivity index (χ1v) is 4.49. The predicted molar refractivity (Wildman–Crippen MR) is 51.9 cm³/mol. The Morgan fingerprint density at radius 1 is 1.25 bits per heavy atom. The van der Waals surface area contributed by atoms with Crippen LogP contribution in [0.4, 0.5) is 4.39 Å². The molecule has 0 atom stereocenters. The van der Waals surface area contributed by atoms with Gasteiger partial charge in [-0.3, -0.25) is 0 Å². The summed E-state index contributed by atoms with van der Waals surface area (Å²) in [4.78, 5) is 0. The molecule has 0 radical (unpaired) electrons. The van der Waals surface area contributed by atoms with E-state index in [2.05, 4.69) is 6.92 Å². The molecular weight excluding hydrogens is 151 g/mol. The quantitative estimate of drug-likeness (QED) is 0.599. The first kappa shape index (κ1) is 11.2. The zero-order valence-corrected chi connectivity index (χ0v) is 8.32. The molecule has 0 saturated heterocycles. The molecule has 0 aliphatic rings. The van der Waals surface area contributed by atoms with E-state index in [9.17, 15) is 4.39 Å². The fourth-order valence-electron chi connectivity index (χ4n) is 1.06. The van der Waals surface area contributed by atoms with Crippen molar-refractivity contribution in [2.45, 2.75) is 34.1 Å².